The molecule has 3 aromatic carbocycles. The van der Waals surface area contributed by atoms with Crippen LogP contribution in [0.25, 0.3) is 0 Å². The molecule has 0 aliphatic heterocycles. The van der Waals surface area contributed by atoms with E-state index >= 15 is 0 Å². The third-order valence-corrected chi connectivity index (χ3v) is 4.85. The number of hydrogen-bond donors (Lipinski definition) is 2. The predicted octanol–water partition coefficient (Wildman–Crippen LogP) is 4.22. The molecule has 0 bridgehead atoms. The predicted molar refractivity (Wildman–Crippen MR) is 113 cm³/mol. The van der Waals surface area contributed by atoms with Crippen LogP contribution in [0.1, 0.15) is 23.5 Å². The molecule has 0 heterocycles. The van der Waals surface area contributed by atoms with Gasteiger partial charge in [-0.1, -0.05) is 66.7 Å². The Balaban J connectivity index is 1.77. The van der Waals surface area contributed by atoms with E-state index in [0.717, 1.165) is 17.4 Å². The molecule has 1 amide bonds. The average molecular weight is 394 g/mol. The van der Waals surface area contributed by atoms with Gasteiger partial charge in [0.05, 0.1) is 11.9 Å². The van der Waals surface area contributed by atoms with Gasteiger partial charge in [0.15, 0.2) is 0 Å². The van der Waals surface area contributed by atoms with E-state index in [1.165, 1.54) is 0 Å². The molecular formula is C22H22N2O3S. The summed E-state index contributed by atoms with van der Waals surface area (Å²) >= 11 is 0. The van der Waals surface area contributed by atoms with Crippen molar-refractivity contribution in [1.29, 1.82) is 0 Å². The Kier molecular flexibility index (Phi) is 6.11. The second-order valence-electron chi connectivity index (χ2n) is 6.58. The Hall–Kier alpha value is -3.12. The molecule has 28 heavy (non-hydrogen) atoms. The first-order valence-corrected chi connectivity index (χ1v) is 10.8. The van der Waals surface area contributed by atoms with Crippen molar-refractivity contribution in [2.75, 3.05) is 16.3 Å². The number of amides is 1. The molecule has 5 nitrogen and oxygen atoms in total. The molecule has 3 aromatic rings. The van der Waals surface area contributed by atoms with Crippen LogP contribution in [-0.2, 0) is 14.8 Å². The van der Waals surface area contributed by atoms with Gasteiger partial charge in [-0.3, -0.25) is 9.52 Å². The van der Waals surface area contributed by atoms with Crippen LogP contribution in [0.15, 0.2) is 84.9 Å². The van der Waals surface area contributed by atoms with E-state index in [1.807, 2.05) is 60.7 Å². The maximum Gasteiger partial charge on any atom is 0.229 e. The third-order valence-electron chi connectivity index (χ3n) is 4.24. The van der Waals surface area contributed by atoms with Crippen molar-refractivity contribution < 1.29 is 13.2 Å². The summed E-state index contributed by atoms with van der Waals surface area (Å²) in [5, 5.41) is 2.86. The summed E-state index contributed by atoms with van der Waals surface area (Å²) < 4.78 is 25.2. The Morgan fingerprint density at radius 1 is 0.821 bits per heavy atom. The smallest absolute Gasteiger partial charge is 0.229 e. The van der Waals surface area contributed by atoms with E-state index in [4.69, 9.17) is 0 Å². The molecule has 2 N–H and O–H groups in total. The molecule has 0 spiro atoms. The van der Waals surface area contributed by atoms with Crippen LogP contribution in [0.3, 0.4) is 0 Å². The summed E-state index contributed by atoms with van der Waals surface area (Å²) in [6, 6.07) is 26.5. The Morgan fingerprint density at radius 3 is 1.89 bits per heavy atom. The summed E-state index contributed by atoms with van der Waals surface area (Å²) in [6.45, 7) is 0. The number of nitrogens with one attached hydrogen (secondary N) is 2. The van der Waals surface area contributed by atoms with Crippen molar-refractivity contribution in [1.82, 2.24) is 0 Å². The minimum Gasteiger partial charge on any atom is -0.326 e. The molecule has 0 fully saturated rings. The van der Waals surface area contributed by atoms with Crippen molar-refractivity contribution in [3.63, 3.8) is 0 Å². The van der Waals surface area contributed by atoms with E-state index in [0.29, 0.717) is 11.4 Å². The van der Waals surface area contributed by atoms with Gasteiger partial charge in [-0.2, -0.15) is 0 Å². The third kappa shape index (κ3) is 5.69. The standard InChI is InChI=1S/C22H22N2O3S/c1-28(26,27)24-20-14-8-13-19(15-20)23-22(25)16-21(17-9-4-2-5-10-17)18-11-6-3-7-12-18/h2-15,21,24H,16H2,1H3,(H,23,25). The first kappa shape index (κ1) is 19.6. The van der Waals surface area contributed by atoms with Crippen molar-refractivity contribution >= 4 is 27.3 Å². The molecule has 0 radical (unpaired) electrons. The number of carbonyl (C=O) groups excluding carboxylic acids is 1. The van der Waals surface area contributed by atoms with E-state index in [2.05, 4.69) is 10.0 Å². The SMILES string of the molecule is CS(=O)(=O)Nc1cccc(NC(=O)CC(c2ccccc2)c2ccccc2)c1. The van der Waals surface area contributed by atoms with Gasteiger partial charge >= 0.3 is 0 Å². The number of anilines is 2. The van der Waals surface area contributed by atoms with Gasteiger partial charge in [0.2, 0.25) is 15.9 Å². The molecule has 0 atom stereocenters. The van der Waals surface area contributed by atoms with Gasteiger partial charge < -0.3 is 5.32 Å². The molecule has 0 aliphatic carbocycles. The molecule has 0 saturated carbocycles. The minimum atomic E-state index is -3.38. The summed E-state index contributed by atoms with van der Waals surface area (Å²) in [5.74, 6) is -0.214. The van der Waals surface area contributed by atoms with Crippen LogP contribution in [0.4, 0.5) is 11.4 Å². The minimum absolute atomic E-state index is 0.0697. The number of carbonyl (C=O) groups is 1. The Labute approximate surface area is 165 Å². The first-order chi connectivity index (χ1) is 13.4. The van der Waals surface area contributed by atoms with Crippen molar-refractivity contribution in [2.24, 2.45) is 0 Å². The Morgan fingerprint density at radius 2 is 1.36 bits per heavy atom. The summed E-state index contributed by atoms with van der Waals surface area (Å²) in [7, 11) is -3.38. The molecule has 6 heteroatoms. The fourth-order valence-electron chi connectivity index (χ4n) is 3.07. The topological polar surface area (TPSA) is 75.3 Å². The number of rotatable bonds is 7. The number of hydrogen-bond acceptors (Lipinski definition) is 3. The van der Waals surface area contributed by atoms with Crippen molar-refractivity contribution in [3.8, 4) is 0 Å². The first-order valence-electron chi connectivity index (χ1n) is 8.88. The van der Waals surface area contributed by atoms with Gasteiger partial charge in [-0.25, -0.2) is 8.42 Å². The highest BCUT2D eigenvalue weighted by Crippen LogP contribution is 2.28. The molecule has 0 saturated heterocycles. The van der Waals surface area contributed by atoms with Crippen LogP contribution in [0, 0.1) is 0 Å². The quantitative estimate of drug-likeness (QED) is 0.630. The summed E-state index contributed by atoms with van der Waals surface area (Å²) in [4.78, 5) is 12.7. The molecule has 0 aliphatic rings. The largest absolute Gasteiger partial charge is 0.326 e. The fourth-order valence-corrected chi connectivity index (χ4v) is 3.63. The molecule has 0 aromatic heterocycles. The van der Waals surface area contributed by atoms with E-state index in [9.17, 15) is 13.2 Å². The highest BCUT2D eigenvalue weighted by atomic mass is 32.2. The van der Waals surface area contributed by atoms with Gasteiger partial charge in [0.1, 0.15) is 0 Å². The van der Waals surface area contributed by atoms with Gasteiger partial charge in [-0.05, 0) is 29.3 Å². The second-order valence-corrected chi connectivity index (χ2v) is 8.33. The maximum absolute atomic E-state index is 12.7. The van der Waals surface area contributed by atoms with Crippen LogP contribution in [0.2, 0.25) is 0 Å². The zero-order valence-corrected chi connectivity index (χ0v) is 16.3. The van der Waals surface area contributed by atoms with Crippen molar-refractivity contribution in [2.45, 2.75) is 12.3 Å². The van der Waals surface area contributed by atoms with E-state index in [1.54, 1.807) is 24.3 Å². The van der Waals surface area contributed by atoms with E-state index in [-0.39, 0.29) is 18.2 Å². The summed E-state index contributed by atoms with van der Waals surface area (Å²) in [6.07, 6.45) is 1.36. The van der Waals surface area contributed by atoms with Crippen LogP contribution in [-0.4, -0.2) is 20.6 Å². The number of sulfonamides is 1. The van der Waals surface area contributed by atoms with Crippen LogP contribution in [0.5, 0.6) is 0 Å². The Bertz CT molecular complexity index is 996. The highest BCUT2D eigenvalue weighted by Gasteiger charge is 2.18. The van der Waals surface area contributed by atoms with Gasteiger partial charge in [0, 0.05) is 18.0 Å². The van der Waals surface area contributed by atoms with Crippen molar-refractivity contribution in [3.05, 3.63) is 96.1 Å². The lowest BCUT2D eigenvalue weighted by atomic mass is 9.88. The lowest BCUT2D eigenvalue weighted by Crippen LogP contribution is -2.17. The zero-order valence-electron chi connectivity index (χ0n) is 15.5. The molecule has 0 unspecified atom stereocenters. The fraction of sp³-hybridized carbons (Fsp3) is 0.136. The van der Waals surface area contributed by atoms with Gasteiger partial charge in [-0.15, -0.1) is 0 Å². The lowest BCUT2D eigenvalue weighted by molar-refractivity contribution is -0.116. The highest BCUT2D eigenvalue weighted by molar-refractivity contribution is 7.92. The zero-order chi connectivity index (χ0) is 20.0. The second kappa shape index (κ2) is 8.71. The molecule has 144 valence electrons. The summed E-state index contributed by atoms with van der Waals surface area (Å²) in [5.41, 5.74) is 3.08. The van der Waals surface area contributed by atoms with Crippen LogP contribution >= 0.6 is 0 Å². The normalized spacial score (nSPS) is 11.2. The van der Waals surface area contributed by atoms with E-state index < -0.39 is 10.0 Å². The maximum atomic E-state index is 12.7. The monoisotopic (exact) mass is 394 g/mol. The van der Waals surface area contributed by atoms with Gasteiger partial charge in [0.25, 0.3) is 0 Å². The van der Waals surface area contributed by atoms with Crippen LogP contribution < -0.4 is 10.0 Å². The number of benzene rings is 3. The lowest BCUT2D eigenvalue weighted by Gasteiger charge is -2.18. The average Bonchev–Trinajstić information content (AvgIpc) is 2.66. The molecular weight excluding hydrogens is 372 g/mol. The molecule has 3 rings (SSSR count).